The molecule has 21 heavy (non-hydrogen) atoms. The van der Waals surface area contributed by atoms with E-state index in [1.165, 1.54) is 12.8 Å². The molecule has 0 radical (unpaired) electrons. The Morgan fingerprint density at radius 3 is 2.71 bits per heavy atom. The van der Waals surface area contributed by atoms with E-state index in [1.807, 2.05) is 19.1 Å². The van der Waals surface area contributed by atoms with E-state index in [9.17, 15) is 4.79 Å². The van der Waals surface area contributed by atoms with Gasteiger partial charge in [-0.15, -0.1) is 0 Å². The van der Waals surface area contributed by atoms with Gasteiger partial charge in [0.2, 0.25) is 0 Å². The first-order valence-electron chi connectivity index (χ1n) is 7.41. The highest BCUT2D eigenvalue weighted by molar-refractivity contribution is 5.85. The van der Waals surface area contributed by atoms with Crippen LogP contribution in [-0.4, -0.2) is 27.7 Å². The van der Waals surface area contributed by atoms with Gasteiger partial charge in [-0.2, -0.15) is 4.98 Å². The Bertz CT molecular complexity index is 762. The highest BCUT2D eigenvalue weighted by Gasteiger charge is 2.30. The highest BCUT2D eigenvalue weighted by atomic mass is 16.5. The van der Waals surface area contributed by atoms with Crippen LogP contribution in [-0.2, 0) is 4.74 Å². The van der Waals surface area contributed by atoms with Crippen LogP contribution in [0.25, 0.3) is 11.0 Å². The number of pyridine rings is 1. The predicted molar refractivity (Wildman–Crippen MR) is 79.2 cm³/mol. The minimum atomic E-state index is -0.320. The van der Waals surface area contributed by atoms with Gasteiger partial charge in [-0.05, 0) is 31.9 Å². The van der Waals surface area contributed by atoms with Gasteiger partial charge in [0.15, 0.2) is 0 Å². The molecule has 6 nitrogen and oxygen atoms in total. The second-order valence-electron chi connectivity index (χ2n) is 6.07. The summed E-state index contributed by atoms with van der Waals surface area (Å²) >= 11 is 0. The lowest BCUT2D eigenvalue weighted by Gasteiger charge is -2.32. The summed E-state index contributed by atoms with van der Waals surface area (Å²) in [5.74, 6) is 1.13. The molecule has 0 aromatic carbocycles. The molecule has 0 bridgehead atoms. The van der Waals surface area contributed by atoms with Gasteiger partial charge in [-0.3, -0.25) is 4.57 Å². The molecule has 2 aromatic rings. The molecule has 1 unspecified atom stereocenters. The average molecular weight is 286 g/mol. The normalized spacial score (nSPS) is 20.4. The Balaban J connectivity index is 1.93. The van der Waals surface area contributed by atoms with Gasteiger partial charge in [0.1, 0.15) is 11.5 Å². The molecule has 3 heterocycles. The number of fused-ring (bicyclic) bond motifs is 1. The third-order valence-electron chi connectivity index (χ3n) is 4.57. The lowest BCUT2D eigenvalue weighted by Crippen LogP contribution is -2.39. The van der Waals surface area contributed by atoms with Crippen molar-refractivity contribution >= 4 is 16.9 Å². The summed E-state index contributed by atoms with van der Waals surface area (Å²) in [7, 11) is 0. The second-order valence-corrected chi connectivity index (χ2v) is 6.07. The fraction of sp³-hybridized carbons (Fsp3) is 0.533. The molecular formula is C15H18N4O2. The number of ether oxygens (including phenoxy) is 1. The fourth-order valence-electron chi connectivity index (χ4n) is 2.87. The van der Waals surface area contributed by atoms with Crippen molar-refractivity contribution < 1.29 is 4.74 Å². The standard InChI is InChI=1S/C15H18N4O2/c1-8(10-6-21-7-10)19-14-11(13(16)18-15(19)20)4-5-12(17-14)9-2-3-9/h4-5,8-10H,2-3,6-7H2,1H3,(H2,16,18,20). The average Bonchev–Trinajstić information content (AvgIpc) is 3.20. The first kappa shape index (κ1) is 12.8. The first-order valence-corrected chi connectivity index (χ1v) is 7.41. The van der Waals surface area contributed by atoms with E-state index in [-0.39, 0.29) is 17.5 Å². The third kappa shape index (κ3) is 2.01. The van der Waals surface area contributed by atoms with Crippen molar-refractivity contribution in [1.29, 1.82) is 0 Å². The summed E-state index contributed by atoms with van der Waals surface area (Å²) in [6.07, 6.45) is 2.35. The zero-order valence-corrected chi connectivity index (χ0v) is 12.0. The molecule has 0 amide bonds. The highest BCUT2D eigenvalue weighted by Crippen LogP contribution is 2.39. The molecular weight excluding hydrogens is 268 g/mol. The van der Waals surface area contributed by atoms with Crippen LogP contribution in [0.4, 0.5) is 5.82 Å². The third-order valence-corrected chi connectivity index (χ3v) is 4.57. The molecule has 1 atom stereocenters. The summed E-state index contributed by atoms with van der Waals surface area (Å²) in [4.78, 5) is 21.0. The smallest absolute Gasteiger partial charge is 0.351 e. The molecule has 2 fully saturated rings. The molecule has 2 aliphatic rings. The van der Waals surface area contributed by atoms with Gasteiger partial charge in [0.05, 0.1) is 18.6 Å². The lowest BCUT2D eigenvalue weighted by molar-refractivity contribution is -0.0536. The Labute approximate surface area is 122 Å². The van der Waals surface area contributed by atoms with Gasteiger partial charge < -0.3 is 10.5 Å². The van der Waals surface area contributed by atoms with Gasteiger partial charge >= 0.3 is 5.69 Å². The van der Waals surface area contributed by atoms with Crippen molar-refractivity contribution in [2.45, 2.75) is 31.7 Å². The lowest BCUT2D eigenvalue weighted by atomic mass is 9.99. The maximum Gasteiger partial charge on any atom is 0.351 e. The number of hydrogen-bond acceptors (Lipinski definition) is 5. The molecule has 1 saturated heterocycles. The molecule has 0 spiro atoms. The molecule has 110 valence electrons. The van der Waals surface area contributed by atoms with Crippen LogP contribution in [0, 0.1) is 5.92 Å². The Kier molecular flexibility index (Phi) is 2.75. The second kappa shape index (κ2) is 4.53. The maximum atomic E-state index is 12.3. The summed E-state index contributed by atoms with van der Waals surface area (Å²) < 4.78 is 6.93. The van der Waals surface area contributed by atoms with E-state index < -0.39 is 0 Å². The van der Waals surface area contributed by atoms with E-state index in [2.05, 4.69) is 4.98 Å². The van der Waals surface area contributed by atoms with Crippen LogP contribution in [0.5, 0.6) is 0 Å². The number of nitrogen functional groups attached to an aromatic ring is 1. The van der Waals surface area contributed by atoms with Crippen LogP contribution in [0.3, 0.4) is 0 Å². The van der Waals surface area contributed by atoms with E-state index in [0.717, 1.165) is 11.1 Å². The van der Waals surface area contributed by atoms with E-state index in [4.69, 9.17) is 15.5 Å². The number of rotatable bonds is 3. The van der Waals surface area contributed by atoms with E-state index in [0.29, 0.717) is 30.7 Å². The quantitative estimate of drug-likeness (QED) is 0.923. The van der Waals surface area contributed by atoms with Crippen molar-refractivity contribution in [2.75, 3.05) is 18.9 Å². The SMILES string of the molecule is CC(C1COC1)n1c(=O)nc(N)c2ccc(C3CC3)nc21. The van der Waals surface area contributed by atoms with Crippen LogP contribution in [0.1, 0.15) is 37.4 Å². The number of anilines is 1. The van der Waals surface area contributed by atoms with Crippen LogP contribution < -0.4 is 11.4 Å². The van der Waals surface area contributed by atoms with E-state index in [1.54, 1.807) is 4.57 Å². The minimum absolute atomic E-state index is 0.0174. The summed E-state index contributed by atoms with van der Waals surface area (Å²) in [5, 5.41) is 0.756. The van der Waals surface area contributed by atoms with Crippen molar-refractivity contribution in [1.82, 2.24) is 14.5 Å². The van der Waals surface area contributed by atoms with Gasteiger partial charge in [0.25, 0.3) is 0 Å². The molecule has 2 N–H and O–H groups in total. The summed E-state index contributed by atoms with van der Waals surface area (Å²) in [5.41, 5.74) is 7.30. The van der Waals surface area contributed by atoms with Gasteiger partial charge in [-0.1, -0.05) is 0 Å². The fourth-order valence-corrected chi connectivity index (χ4v) is 2.87. The molecule has 4 rings (SSSR count). The van der Waals surface area contributed by atoms with Crippen LogP contribution >= 0.6 is 0 Å². The van der Waals surface area contributed by atoms with Gasteiger partial charge in [-0.25, -0.2) is 9.78 Å². The van der Waals surface area contributed by atoms with Crippen LogP contribution in [0.2, 0.25) is 0 Å². The minimum Gasteiger partial charge on any atom is -0.383 e. The topological polar surface area (TPSA) is 83.0 Å². The Hall–Kier alpha value is -1.95. The molecule has 1 aliphatic carbocycles. The summed E-state index contributed by atoms with van der Waals surface area (Å²) in [6, 6.07) is 3.96. The molecule has 1 aliphatic heterocycles. The van der Waals surface area contributed by atoms with E-state index >= 15 is 0 Å². The Morgan fingerprint density at radius 2 is 2.10 bits per heavy atom. The maximum absolute atomic E-state index is 12.3. The van der Waals surface area contributed by atoms with Crippen molar-refractivity contribution in [3.05, 3.63) is 28.3 Å². The van der Waals surface area contributed by atoms with Crippen molar-refractivity contribution in [3.8, 4) is 0 Å². The van der Waals surface area contributed by atoms with Crippen LogP contribution in [0.15, 0.2) is 16.9 Å². The largest absolute Gasteiger partial charge is 0.383 e. The monoisotopic (exact) mass is 286 g/mol. The molecule has 1 saturated carbocycles. The number of aromatic nitrogens is 3. The number of nitrogens with two attached hydrogens (primary N) is 1. The first-order chi connectivity index (χ1) is 10.1. The predicted octanol–water partition coefficient (Wildman–Crippen LogP) is 1.46. The molecule has 6 heteroatoms. The zero-order valence-electron chi connectivity index (χ0n) is 12.0. The molecule has 2 aromatic heterocycles. The number of nitrogens with zero attached hydrogens (tertiary/aromatic N) is 3. The van der Waals surface area contributed by atoms with Crippen molar-refractivity contribution in [3.63, 3.8) is 0 Å². The van der Waals surface area contributed by atoms with Crippen molar-refractivity contribution in [2.24, 2.45) is 5.92 Å². The summed E-state index contributed by atoms with van der Waals surface area (Å²) in [6.45, 7) is 3.39. The Morgan fingerprint density at radius 1 is 1.33 bits per heavy atom. The zero-order chi connectivity index (χ0) is 14.6. The number of hydrogen-bond donors (Lipinski definition) is 1. The van der Waals surface area contributed by atoms with Gasteiger partial charge in [0, 0.05) is 23.6 Å².